The van der Waals surface area contributed by atoms with Crippen LogP contribution in [0.1, 0.15) is 17.2 Å². The van der Waals surface area contributed by atoms with Gasteiger partial charge < -0.3 is 14.7 Å². The summed E-state index contributed by atoms with van der Waals surface area (Å²) in [5.41, 5.74) is 1.72. The van der Waals surface area contributed by atoms with E-state index in [1.54, 1.807) is 12.0 Å². The van der Waals surface area contributed by atoms with Crippen LogP contribution >= 0.6 is 23.4 Å². The number of benzene rings is 2. The Balaban J connectivity index is 1.99. The van der Waals surface area contributed by atoms with Crippen molar-refractivity contribution in [2.24, 2.45) is 0 Å². The highest BCUT2D eigenvalue weighted by Crippen LogP contribution is 2.45. The molecule has 0 bridgehead atoms. The van der Waals surface area contributed by atoms with Crippen molar-refractivity contribution in [2.45, 2.75) is 22.7 Å². The van der Waals surface area contributed by atoms with Crippen molar-refractivity contribution in [1.29, 1.82) is 0 Å². The lowest BCUT2D eigenvalue weighted by molar-refractivity contribution is -0.126. The van der Waals surface area contributed by atoms with Crippen LogP contribution in [-0.2, 0) is 4.79 Å². The van der Waals surface area contributed by atoms with Gasteiger partial charge in [0.25, 0.3) is 5.91 Å². The van der Waals surface area contributed by atoms with Gasteiger partial charge in [-0.3, -0.25) is 4.79 Å². The van der Waals surface area contributed by atoms with Crippen molar-refractivity contribution in [3.63, 3.8) is 0 Å². The summed E-state index contributed by atoms with van der Waals surface area (Å²) in [6, 6.07) is 15.2. The molecular weight excluding hydrogens is 358 g/mol. The summed E-state index contributed by atoms with van der Waals surface area (Å²) in [6.45, 7) is 0.492. The normalized spacial score (nSPS) is 20.1. The molecule has 0 saturated heterocycles. The van der Waals surface area contributed by atoms with Crippen LogP contribution in [-0.4, -0.2) is 36.7 Å². The van der Waals surface area contributed by atoms with E-state index < -0.39 is 6.10 Å². The molecule has 25 heavy (non-hydrogen) atoms. The number of ether oxygens (including phenoxy) is 1. The number of alkyl halides is 1. The predicted octanol–water partition coefficient (Wildman–Crippen LogP) is 3.87. The molecule has 1 heterocycles. The summed E-state index contributed by atoms with van der Waals surface area (Å²) in [5, 5.41) is 10.4. The smallest absolute Gasteiger partial charge is 0.257 e. The molecule has 0 radical (unpaired) electrons. The van der Waals surface area contributed by atoms with Crippen LogP contribution < -0.4 is 9.64 Å². The third-order valence-corrected chi connectivity index (χ3v) is 5.83. The summed E-state index contributed by atoms with van der Waals surface area (Å²) in [5.74, 6) is 0.924. The number of anilines is 1. The zero-order valence-electron chi connectivity index (χ0n) is 13.9. The fourth-order valence-corrected chi connectivity index (χ4v) is 4.27. The van der Waals surface area contributed by atoms with E-state index in [-0.39, 0.29) is 11.2 Å². The Labute approximate surface area is 156 Å². The fourth-order valence-electron chi connectivity index (χ4n) is 2.88. The van der Waals surface area contributed by atoms with Crippen LogP contribution in [0.25, 0.3) is 0 Å². The Morgan fingerprint density at radius 1 is 1.20 bits per heavy atom. The first-order valence-electron chi connectivity index (χ1n) is 8.10. The number of fused-ring (bicyclic) bond motifs is 1. The van der Waals surface area contributed by atoms with Gasteiger partial charge in [0.05, 0.1) is 18.0 Å². The molecule has 0 saturated carbocycles. The summed E-state index contributed by atoms with van der Waals surface area (Å²) < 4.78 is 5.19. The number of hydrogen-bond donors (Lipinski definition) is 1. The first-order valence-corrected chi connectivity index (χ1v) is 9.52. The van der Waals surface area contributed by atoms with Gasteiger partial charge in [0, 0.05) is 17.3 Å². The van der Waals surface area contributed by atoms with Gasteiger partial charge in [0.1, 0.15) is 11.9 Å². The first-order chi connectivity index (χ1) is 12.2. The van der Waals surface area contributed by atoms with Crippen molar-refractivity contribution in [2.75, 3.05) is 24.4 Å². The Morgan fingerprint density at radius 3 is 2.60 bits per heavy atom. The Hall–Kier alpha value is -1.69. The lowest BCUT2D eigenvalue weighted by atomic mass is 10.1. The van der Waals surface area contributed by atoms with Crippen LogP contribution in [0.4, 0.5) is 5.69 Å². The largest absolute Gasteiger partial charge is 0.497 e. The second-order valence-corrected chi connectivity index (χ2v) is 7.32. The molecule has 2 atom stereocenters. The lowest BCUT2D eigenvalue weighted by Gasteiger charge is -2.24. The highest BCUT2D eigenvalue weighted by molar-refractivity contribution is 7.99. The second kappa shape index (κ2) is 8.13. The van der Waals surface area contributed by atoms with E-state index in [4.69, 9.17) is 16.3 Å². The highest BCUT2D eigenvalue weighted by Gasteiger charge is 2.36. The number of methoxy groups -OCH3 is 1. The van der Waals surface area contributed by atoms with Crippen molar-refractivity contribution < 1.29 is 14.6 Å². The van der Waals surface area contributed by atoms with Crippen molar-refractivity contribution in [3.8, 4) is 5.75 Å². The number of halogens is 1. The number of rotatable bonds is 5. The maximum absolute atomic E-state index is 12.9. The summed E-state index contributed by atoms with van der Waals surface area (Å²) >= 11 is 7.32. The molecule has 1 aliphatic heterocycles. The number of thioether (sulfide) groups is 1. The van der Waals surface area contributed by atoms with E-state index in [1.807, 2.05) is 48.5 Å². The van der Waals surface area contributed by atoms with Crippen LogP contribution in [0.2, 0.25) is 0 Å². The van der Waals surface area contributed by atoms with Gasteiger partial charge in [-0.15, -0.1) is 23.4 Å². The van der Waals surface area contributed by atoms with Crippen LogP contribution in [0.5, 0.6) is 5.75 Å². The molecule has 4 nitrogen and oxygen atoms in total. The molecule has 3 rings (SSSR count). The SMILES string of the molecule is COc1ccc([C@@H]2Sc3ccccc3N(CCCCl)C(=O)[C@@H]2O)cc1. The van der Waals surface area contributed by atoms with Gasteiger partial charge in [-0.1, -0.05) is 24.3 Å². The Morgan fingerprint density at radius 2 is 1.92 bits per heavy atom. The topological polar surface area (TPSA) is 49.8 Å². The molecule has 6 heteroatoms. The van der Waals surface area contributed by atoms with Gasteiger partial charge in [-0.25, -0.2) is 0 Å². The standard InChI is InChI=1S/C19H20ClNO3S/c1-24-14-9-7-13(8-10-14)18-17(22)19(23)21(12-4-11-20)15-5-2-3-6-16(15)25-18/h2-3,5-10,17-18,22H,4,11-12H2,1H3/t17-,18+/m1/s1. The maximum Gasteiger partial charge on any atom is 0.257 e. The minimum Gasteiger partial charge on any atom is -0.497 e. The molecule has 2 aromatic carbocycles. The van der Waals surface area contributed by atoms with Crippen LogP contribution in [0.15, 0.2) is 53.4 Å². The van der Waals surface area contributed by atoms with Crippen LogP contribution in [0, 0.1) is 0 Å². The number of carbonyl (C=O) groups is 1. The number of para-hydroxylation sites is 1. The molecular formula is C19H20ClNO3S. The minimum atomic E-state index is -1.12. The molecule has 1 N–H and O–H groups in total. The second-order valence-electron chi connectivity index (χ2n) is 5.76. The van der Waals surface area contributed by atoms with Crippen molar-refractivity contribution in [1.82, 2.24) is 0 Å². The molecule has 0 fully saturated rings. The van der Waals surface area contributed by atoms with E-state index in [0.717, 1.165) is 21.9 Å². The number of nitrogens with zero attached hydrogens (tertiary/aromatic N) is 1. The maximum atomic E-state index is 12.9. The summed E-state index contributed by atoms with van der Waals surface area (Å²) in [6.07, 6.45) is -0.451. The zero-order valence-corrected chi connectivity index (χ0v) is 15.5. The van der Waals surface area contributed by atoms with E-state index in [2.05, 4.69) is 0 Å². The number of amides is 1. The Bertz CT molecular complexity index is 738. The molecule has 0 aliphatic carbocycles. The average Bonchev–Trinajstić information content (AvgIpc) is 2.76. The molecule has 132 valence electrons. The quantitative estimate of drug-likeness (QED) is 0.804. The highest BCUT2D eigenvalue weighted by atomic mass is 35.5. The number of hydrogen-bond acceptors (Lipinski definition) is 4. The zero-order chi connectivity index (χ0) is 17.8. The molecule has 0 unspecified atom stereocenters. The molecule has 2 aromatic rings. The predicted molar refractivity (Wildman–Crippen MR) is 102 cm³/mol. The molecule has 0 spiro atoms. The third kappa shape index (κ3) is 3.78. The minimum absolute atomic E-state index is 0.289. The average molecular weight is 378 g/mol. The summed E-state index contributed by atoms with van der Waals surface area (Å²) in [4.78, 5) is 15.5. The fraction of sp³-hybridized carbons (Fsp3) is 0.316. The molecule has 0 aromatic heterocycles. The number of aliphatic hydroxyl groups is 1. The van der Waals surface area contributed by atoms with Gasteiger partial charge >= 0.3 is 0 Å². The Kier molecular flexibility index (Phi) is 5.89. The monoisotopic (exact) mass is 377 g/mol. The summed E-state index contributed by atoms with van der Waals surface area (Å²) in [7, 11) is 1.61. The van der Waals surface area contributed by atoms with Gasteiger partial charge in [-0.2, -0.15) is 0 Å². The first kappa shape index (κ1) is 18.1. The number of carbonyl (C=O) groups excluding carboxylic acids is 1. The molecule has 1 amide bonds. The van der Waals surface area contributed by atoms with Gasteiger partial charge in [0.2, 0.25) is 0 Å². The van der Waals surface area contributed by atoms with E-state index in [0.29, 0.717) is 18.8 Å². The lowest BCUT2D eigenvalue weighted by Crippen LogP contribution is -2.41. The van der Waals surface area contributed by atoms with E-state index >= 15 is 0 Å². The third-order valence-electron chi connectivity index (χ3n) is 4.18. The van der Waals surface area contributed by atoms with E-state index in [1.165, 1.54) is 11.8 Å². The van der Waals surface area contributed by atoms with Gasteiger partial charge in [-0.05, 0) is 36.2 Å². The number of aliphatic hydroxyl groups excluding tert-OH is 1. The van der Waals surface area contributed by atoms with Crippen LogP contribution in [0.3, 0.4) is 0 Å². The molecule has 1 aliphatic rings. The van der Waals surface area contributed by atoms with Gasteiger partial charge in [0.15, 0.2) is 0 Å². The van der Waals surface area contributed by atoms with Crippen molar-refractivity contribution in [3.05, 3.63) is 54.1 Å². The van der Waals surface area contributed by atoms with Crippen molar-refractivity contribution >= 4 is 35.0 Å². The van der Waals surface area contributed by atoms with E-state index in [9.17, 15) is 9.90 Å².